The maximum atomic E-state index is 11.7. The number of carbonyl (C=O) groups excluding carboxylic acids is 1. The molecule has 0 aliphatic heterocycles. The smallest absolute Gasteiger partial charge is 0.164 e. The number of ketones is 1. The molecule has 1 heterocycles. The molecule has 0 saturated heterocycles. The van der Waals surface area contributed by atoms with Crippen LogP contribution in [0.3, 0.4) is 0 Å². The van der Waals surface area contributed by atoms with Crippen molar-refractivity contribution >= 4 is 5.78 Å². The number of Topliss-reactive ketones (excluding diaryl/α,β-unsaturated/α-hetero) is 1. The number of pyridine rings is 1. The van der Waals surface area contributed by atoms with E-state index in [9.17, 15) is 4.79 Å². The molecule has 2 nitrogen and oxygen atoms in total. The Hall–Kier alpha value is -1.18. The van der Waals surface area contributed by atoms with E-state index in [4.69, 9.17) is 0 Å². The number of rotatable bonds is 5. The van der Waals surface area contributed by atoms with E-state index in [2.05, 4.69) is 18.8 Å². The molecule has 1 rings (SSSR count). The van der Waals surface area contributed by atoms with Crippen molar-refractivity contribution in [2.75, 3.05) is 0 Å². The van der Waals surface area contributed by atoms with E-state index in [0.717, 1.165) is 18.4 Å². The van der Waals surface area contributed by atoms with Crippen molar-refractivity contribution in [3.8, 4) is 0 Å². The Morgan fingerprint density at radius 1 is 1.57 bits per heavy atom. The zero-order valence-corrected chi connectivity index (χ0v) is 8.86. The van der Waals surface area contributed by atoms with Crippen molar-refractivity contribution < 1.29 is 4.79 Å². The van der Waals surface area contributed by atoms with Crippen molar-refractivity contribution in [1.82, 2.24) is 4.98 Å². The van der Waals surface area contributed by atoms with Gasteiger partial charge in [0.25, 0.3) is 0 Å². The third-order valence-corrected chi connectivity index (χ3v) is 2.30. The zero-order valence-electron chi connectivity index (χ0n) is 8.86. The van der Waals surface area contributed by atoms with Crippen molar-refractivity contribution in [3.63, 3.8) is 0 Å². The molecule has 1 atom stereocenters. The van der Waals surface area contributed by atoms with Gasteiger partial charge in [-0.2, -0.15) is 0 Å². The first-order valence-corrected chi connectivity index (χ1v) is 5.17. The Kier molecular flexibility index (Phi) is 4.30. The highest BCUT2D eigenvalue weighted by Crippen LogP contribution is 2.13. The zero-order chi connectivity index (χ0) is 10.4. The van der Waals surface area contributed by atoms with Crippen LogP contribution in [0, 0.1) is 5.92 Å². The molecule has 14 heavy (non-hydrogen) atoms. The van der Waals surface area contributed by atoms with Gasteiger partial charge in [-0.15, -0.1) is 0 Å². The Morgan fingerprint density at radius 2 is 2.36 bits per heavy atom. The summed E-state index contributed by atoms with van der Waals surface area (Å²) >= 11 is 0. The molecule has 0 spiro atoms. The summed E-state index contributed by atoms with van der Waals surface area (Å²) in [5, 5.41) is 0. The summed E-state index contributed by atoms with van der Waals surface area (Å²) in [6.45, 7) is 4.27. The maximum absolute atomic E-state index is 11.7. The Balaban J connectivity index is 2.51. The molecule has 0 radical (unpaired) electrons. The van der Waals surface area contributed by atoms with Crippen LogP contribution >= 0.6 is 0 Å². The Labute approximate surface area is 85.4 Å². The van der Waals surface area contributed by atoms with Crippen LogP contribution in [-0.4, -0.2) is 10.8 Å². The first-order valence-electron chi connectivity index (χ1n) is 5.17. The van der Waals surface area contributed by atoms with Crippen LogP contribution in [0.15, 0.2) is 24.5 Å². The van der Waals surface area contributed by atoms with Gasteiger partial charge in [-0.05, 0) is 18.1 Å². The Bertz CT molecular complexity index is 282. The molecular formula is C12H17NO. The van der Waals surface area contributed by atoms with Crippen molar-refractivity contribution in [2.24, 2.45) is 5.92 Å². The summed E-state index contributed by atoms with van der Waals surface area (Å²) < 4.78 is 0. The van der Waals surface area contributed by atoms with Gasteiger partial charge in [-0.1, -0.05) is 26.7 Å². The number of carbonyl (C=O) groups is 1. The minimum Gasteiger partial charge on any atom is -0.294 e. The Morgan fingerprint density at radius 3 is 2.93 bits per heavy atom. The largest absolute Gasteiger partial charge is 0.294 e. The summed E-state index contributed by atoms with van der Waals surface area (Å²) in [7, 11) is 0. The predicted molar refractivity (Wildman–Crippen MR) is 57.3 cm³/mol. The predicted octanol–water partition coefficient (Wildman–Crippen LogP) is 3.09. The van der Waals surface area contributed by atoms with Gasteiger partial charge in [0.15, 0.2) is 5.78 Å². The third kappa shape index (κ3) is 3.29. The van der Waals surface area contributed by atoms with Gasteiger partial charge in [0.2, 0.25) is 0 Å². The lowest BCUT2D eigenvalue weighted by molar-refractivity contribution is 0.0962. The average Bonchev–Trinajstić information content (AvgIpc) is 2.19. The van der Waals surface area contributed by atoms with Crippen molar-refractivity contribution in [1.29, 1.82) is 0 Å². The second-order valence-corrected chi connectivity index (χ2v) is 3.76. The maximum Gasteiger partial charge on any atom is 0.164 e. The third-order valence-electron chi connectivity index (χ3n) is 2.30. The molecule has 0 bridgehead atoms. The highest BCUT2D eigenvalue weighted by atomic mass is 16.1. The normalized spacial score (nSPS) is 12.4. The van der Waals surface area contributed by atoms with Crippen LogP contribution in [0.5, 0.6) is 0 Å². The lowest BCUT2D eigenvalue weighted by atomic mass is 9.97. The molecule has 0 fully saturated rings. The van der Waals surface area contributed by atoms with Crippen molar-refractivity contribution in [3.05, 3.63) is 30.1 Å². The van der Waals surface area contributed by atoms with Gasteiger partial charge in [0.1, 0.15) is 0 Å². The van der Waals surface area contributed by atoms with Gasteiger partial charge < -0.3 is 0 Å². The number of hydrogen-bond acceptors (Lipinski definition) is 2. The number of aromatic nitrogens is 1. The van der Waals surface area contributed by atoms with Crippen LogP contribution in [0.4, 0.5) is 0 Å². The molecule has 0 aliphatic rings. The topological polar surface area (TPSA) is 30.0 Å². The lowest BCUT2D eigenvalue weighted by Gasteiger charge is -2.08. The fourth-order valence-corrected chi connectivity index (χ4v) is 1.56. The molecule has 0 amide bonds. The molecule has 0 aliphatic carbocycles. The molecule has 1 aromatic rings. The van der Waals surface area contributed by atoms with Crippen LogP contribution in [0.1, 0.15) is 43.5 Å². The summed E-state index contributed by atoms with van der Waals surface area (Å²) in [6, 6.07) is 3.63. The summed E-state index contributed by atoms with van der Waals surface area (Å²) in [5.74, 6) is 0.687. The van der Waals surface area contributed by atoms with Crippen LogP contribution in [0.2, 0.25) is 0 Å². The molecular weight excluding hydrogens is 174 g/mol. The van der Waals surface area contributed by atoms with E-state index >= 15 is 0 Å². The van der Waals surface area contributed by atoms with Gasteiger partial charge in [0.05, 0.1) is 0 Å². The fraction of sp³-hybridized carbons (Fsp3) is 0.500. The van der Waals surface area contributed by atoms with Crippen LogP contribution in [0.25, 0.3) is 0 Å². The first kappa shape index (κ1) is 10.9. The minimum atomic E-state index is 0.207. The van der Waals surface area contributed by atoms with E-state index in [0.29, 0.717) is 12.3 Å². The second kappa shape index (κ2) is 5.53. The molecule has 76 valence electrons. The van der Waals surface area contributed by atoms with Gasteiger partial charge in [-0.3, -0.25) is 9.78 Å². The van der Waals surface area contributed by atoms with E-state index in [-0.39, 0.29) is 5.78 Å². The molecule has 1 aromatic heterocycles. The molecule has 0 aromatic carbocycles. The van der Waals surface area contributed by atoms with Crippen LogP contribution < -0.4 is 0 Å². The second-order valence-electron chi connectivity index (χ2n) is 3.76. The molecule has 0 saturated carbocycles. The standard InChI is InChI=1S/C12H17NO/c1-3-5-10(2)8-12(14)11-6-4-7-13-9-11/h4,6-7,9-10H,3,5,8H2,1-2H3. The molecule has 1 unspecified atom stereocenters. The van der Waals surface area contributed by atoms with Crippen molar-refractivity contribution in [2.45, 2.75) is 33.1 Å². The van der Waals surface area contributed by atoms with Gasteiger partial charge >= 0.3 is 0 Å². The SMILES string of the molecule is CCCC(C)CC(=O)c1cccnc1. The average molecular weight is 191 g/mol. The number of hydrogen-bond donors (Lipinski definition) is 0. The highest BCUT2D eigenvalue weighted by Gasteiger charge is 2.10. The summed E-state index contributed by atoms with van der Waals surface area (Å²) in [5.41, 5.74) is 0.732. The first-order chi connectivity index (χ1) is 6.74. The van der Waals surface area contributed by atoms with Gasteiger partial charge in [-0.25, -0.2) is 0 Å². The van der Waals surface area contributed by atoms with Crippen LogP contribution in [-0.2, 0) is 0 Å². The number of nitrogens with zero attached hydrogens (tertiary/aromatic N) is 1. The summed E-state index contributed by atoms with van der Waals surface area (Å²) in [4.78, 5) is 15.6. The van der Waals surface area contributed by atoms with E-state index in [1.54, 1.807) is 18.5 Å². The lowest BCUT2D eigenvalue weighted by Crippen LogP contribution is -2.06. The fourth-order valence-electron chi connectivity index (χ4n) is 1.56. The van der Waals surface area contributed by atoms with E-state index < -0.39 is 0 Å². The summed E-state index contributed by atoms with van der Waals surface area (Å²) in [6.07, 6.45) is 6.22. The molecule has 2 heteroatoms. The van der Waals surface area contributed by atoms with Gasteiger partial charge in [0, 0.05) is 24.4 Å². The highest BCUT2D eigenvalue weighted by molar-refractivity contribution is 5.95. The van der Waals surface area contributed by atoms with E-state index in [1.165, 1.54) is 0 Å². The minimum absolute atomic E-state index is 0.207. The van der Waals surface area contributed by atoms with E-state index in [1.807, 2.05) is 6.07 Å². The monoisotopic (exact) mass is 191 g/mol. The quantitative estimate of drug-likeness (QED) is 0.669. The molecule has 0 N–H and O–H groups in total.